The van der Waals surface area contributed by atoms with Crippen LogP contribution in [-0.2, 0) is 61.6 Å². The van der Waals surface area contributed by atoms with Gasteiger partial charge in [-0.05, 0) is 0 Å². The van der Waals surface area contributed by atoms with E-state index >= 15 is 0 Å². The largest absolute Gasteiger partial charge is 0.412 e. The van der Waals surface area contributed by atoms with Crippen LogP contribution in [0.15, 0.2) is 0 Å². The van der Waals surface area contributed by atoms with E-state index in [2.05, 4.69) is 0 Å². The second kappa shape index (κ2) is 29.8. The number of rotatable bonds is 23. The number of carbonyl (C=O) groups is 1. The van der Waals surface area contributed by atoms with Crippen LogP contribution in [0, 0.1) is 0 Å². The lowest BCUT2D eigenvalue weighted by atomic mass is 9.95. The van der Waals surface area contributed by atoms with Crippen molar-refractivity contribution in [3.8, 4) is 0 Å². The standard InChI is InChI=1S/C42H72O36.H2O/c43-1-9(51)17(53)31(10(52)2-44)73-38-26(62)20(56)33(12(4-46)68-38)75-40-28(64)22(58)35(14(6-48)70-40)77-42-30(66)24(60)36(16(8-50)72-42)78-41-29(65)23(59)34(15(7-49)71-41)76-39-27(63)21(57)32(13(5-47)69-39)74-37-25(61)19(55)18(54)11(3-45)67-37;/h1,9-42,44-66H,2-8H2;1H2. The molecule has 34 atom stereocenters. The zero-order chi connectivity index (χ0) is 57.8. The smallest absolute Gasteiger partial charge is 0.187 e. The van der Waals surface area contributed by atoms with E-state index in [9.17, 15) is 122 Å². The minimum atomic E-state index is -2.24. The van der Waals surface area contributed by atoms with Crippen molar-refractivity contribution in [1.82, 2.24) is 0 Å². The first-order valence-corrected chi connectivity index (χ1v) is 24.4. The van der Waals surface area contributed by atoms with Crippen molar-refractivity contribution in [2.24, 2.45) is 0 Å². The van der Waals surface area contributed by atoms with Crippen LogP contribution in [0.2, 0.25) is 0 Å². The van der Waals surface area contributed by atoms with Gasteiger partial charge in [-0.2, -0.15) is 0 Å². The number of aliphatic hydroxyl groups is 23. The van der Waals surface area contributed by atoms with Gasteiger partial charge in [0.25, 0.3) is 0 Å². The SMILES string of the molecule is O.O=CC(O)C(O)C(OC1OC(CO)C(OC2OC(CO)C(OC3OC(CO)C(OC4OC(CO)C(OC5OC(CO)C(OC6OC(CO)C(O)C(O)C6O)C(O)C5O)C(O)C4O)C(O)C3O)C(O)C2O)C(O)C1O)C(O)CO. The third kappa shape index (κ3) is 14.5. The van der Waals surface area contributed by atoms with E-state index in [1.54, 1.807) is 0 Å². The van der Waals surface area contributed by atoms with Crippen LogP contribution in [0.25, 0.3) is 0 Å². The lowest BCUT2D eigenvalue weighted by Gasteiger charge is -2.50. The molecule has 6 heterocycles. The fraction of sp³-hybridized carbons (Fsp3) is 0.976. The summed E-state index contributed by atoms with van der Waals surface area (Å²) in [7, 11) is 0. The first-order chi connectivity index (χ1) is 37.0. The Morgan fingerprint density at radius 2 is 0.582 bits per heavy atom. The number of carbonyl (C=O) groups excluding carboxylic acids is 1. The van der Waals surface area contributed by atoms with Crippen LogP contribution in [0.3, 0.4) is 0 Å². The maximum Gasteiger partial charge on any atom is 0.187 e. The van der Waals surface area contributed by atoms with E-state index in [0.29, 0.717) is 0 Å². The fourth-order valence-electron chi connectivity index (χ4n) is 9.55. The lowest BCUT2D eigenvalue weighted by Crippen LogP contribution is -2.68. The third-order valence-corrected chi connectivity index (χ3v) is 14.1. The molecule has 6 saturated heterocycles. The molecule has 6 aliphatic heterocycles. The zero-order valence-corrected chi connectivity index (χ0v) is 41.3. The van der Waals surface area contributed by atoms with Crippen molar-refractivity contribution in [3.05, 3.63) is 0 Å². The van der Waals surface area contributed by atoms with Crippen LogP contribution < -0.4 is 0 Å². The maximum atomic E-state index is 11.3. The van der Waals surface area contributed by atoms with E-state index in [0.717, 1.165) is 0 Å². The van der Waals surface area contributed by atoms with Crippen LogP contribution in [-0.4, -0.2) is 384 Å². The van der Waals surface area contributed by atoms with E-state index in [1.807, 2.05) is 0 Å². The van der Waals surface area contributed by atoms with Crippen molar-refractivity contribution >= 4 is 6.29 Å². The topological polar surface area (TPSA) is 625 Å². The summed E-state index contributed by atoms with van der Waals surface area (Å²) in [4.78, 5) is 11.1. The second-order valence-corrected chi connectivity index (χ2v) is 19.2. The highest BCUT2D eigenvalue weighted by atomic mass is 16.8. The number of aldehydes is 1. The first-order valence-electron chi connectivity index (χ1n) is 24.4. The Bertz CT molecular complexity index is 1790. The zero-order valence-electron chi connectivity index (χ0n) is 41.3. The highest BCUT2D eigenvalue weighted by Crippen LogP contribution is 2.37. The van der Waals surface area contributed by atoms with Gasteiger partial charge >= 0.3 is 0 Å². The number of ether oxygens (including phenoxy) is 12. The van der Waals surface area contributed by atoms with Crippen molar-refractivity contribution in [1.29, 1.82) is 0 Å². The number of aliphatic hydroxyl groups excluding tert-OH is 23. The average molecular weight is 1170 g/mol. The molecule has 0 aliphatic carbocycles. The van der Waals surface area contributed by atoms with Gasteiger partial charge in [-0.3, -0.25) is 0 Å². The highest BCUT2D eigenvalue weighted by molar-refractivity contribution is 5.56. The molecule has 0 bridgehead atoms. The summed E-state index contributed by atoms with van der Waals surface area (Å²) < 4.78 is 66.5. The van der Waals surface area contributed by atoms with Crippen LogP contribution in [0.1, 0.15) is 0 Å². The highest BCUT2D eigenvalue weighted by Gasteiger charge is 2.58. The Balaban J connectivity index is 0.0000115. The molecule has 0 spiro atoms. The first kappa shape index (κ1) is 68.0. The molecule has 34 unspecified atom stereocenters. The van der Waals surface area contributed by atoms with Gasteiger partial charge in [-0.25, -0.2) is 0 Å². The molecule has 0 saturated carbocycles. The van der Waals surface area contributed by atoms with E-state index in [-0.39, 0.29) is 11.8 Å². The van der Waals surface area contributed by atoms with Crippen molar-refractivity contribution < 1.29 is 185 Å². The normalized spacial score (nSPS) is 48.5. The summed E-state index contributed by atoms with van der Waals surface area (Å²) in [6.07, 6.45) is -67.7. The summed E-state index contributed by atoms with van der Waals surface area (Å²) in [5.74, 6) is 0. The van der Waals surface area contributed by atoms with Gasteiger partial charge in [0.05, 0.1) is 46.2 Å². The molecule has 25 N–H and O–H groups in total. The number of hydrogen-bond acceptors (Lipinski definition) is 36. The minimum absolute atomic E-state index is 0. The third-order valence-electron chi connectivity index (χ3n) is 14.1. The predicted molar refractivity (Wildman–Crippen MR) is 237 cm³/mol. The van der Waals surface area contributed by atoms with Crippen molar-refractivity contribution in [2.75, 3.05) is 46.2 Å². The van der Waals surface area contributed by atoms with Crippen LogP contribution in [0.5, 0.6) is 0 Å². The Labute approximate surface area is 445 Å². The van der Waals surface area contributed by atoms with Gasteiger partial charge in [0, 0.05) is 0 Å². The molecular weight excluding hydrogens is 1100 g/mol. The van der Waals surface area contributed by atoms with Gasteiger partial charge in [-0.15, -0.1) is 0 Å². The Hall–Kier alpha value is -1.77. The molecule has 0 aromatic carbocycles. The van der Waals surface area contributed by atoms with E-state index in [1.165, 1.54) is 0 Å². The average Bonchev–Trinajstić information content (AvgIpc) is 3.45. The van der Waals surface area contributed by atoms with Crippen molar-refractivity contribution in [2.45, 2.75) is 209 Å². The molecule has 0 radical (unpaired) electrons. The molecular formula is C42H74O37. The molecule has 37 nitrogen and oxygen atoms in total. The Morgan fingerprint density at radius 3 is 0.835 bits per heavy atom. The summed E-state index contributed by atoms with van der Waals surface area (Å²) in [6, 6.07) is 0. The molecule has 0 aromatic rings. The number of hydrogen-bond donors (Lipinski definition) is 23. The molecule has 6 fully saturated rings. The fourth-order valence-corrected chi connectivity index (χ4v) is 9.55. The van der Waals surface area contributed by atoms with E-state index < -0.39 is 255 Å². The Kier molecular flexibility index (Phi) is 25.7. The maximum absolute atomic E-state index is 11.3. The summed E-state index contributed by atoms with van der Waals surface area (Å²) in [6.45, 7) is -7.20. The van der Waals surface area contributed by atoms with Crippen LogP contribution >= 0.6 is 0 Å². The monoisotopic (exact) mass is 1170 g/mol. The van der Waals surface area contributed by atoms with Gasteiger partial charge in [0.2, 0.25) is 0 Å². The van der Waals surface area contributed by atoms with Gasteiger partial charge in [0.15, 0.2) is 44.0 Å². The van der Waals surface area contributed by atoms with Gasteiger partial charge in [-0.1, -0.05) is 0 Å². The summed E-state index contributed by atoms with van der Waals surface area (Å²) in [5, 5.41) is 242. The molecule has 464 valence electrons. The summed E-state index contributed by atoms with van der Waals surface area (Å²) >= 11 is 0. The quantitative estimate of drug-likeness (QED) is 0.0423. The molecule has 0 amide bonds. The molecule has 0 aromatic heterocycles. The predicted octanol–water partition coefficient (Wildman–Crippen LogP) is -17.3. The minimum Gasteiger partial charge on any atom is -0.412 e. The molecule has 37 heteroatoms. The molecule has 6 rings (SSSR count). The lowest BCUT2D eigenvalue weighted by molar-refractivity contribution is -0.397. The summed E-state index contributed by atoms with van der Waals surface area (Å²) in [5.41, 5.74) is 0. The van der Waals surface area contributed by atoms with Crippen molar-refractivity contribution in [3.63, 3.8) is 0 Å². The molecule has 79 heavy (non-hydrogen) atoms. The second-order valence-electron chi connectivity index (χ2n) is 19.2. The molecule has 6 aliphatic rings. The van der Waals surface area contributed by atoms with Crippen LogP contribution in [0.4, 0.5) is 0 Å². The van der Waals surface area contributed by atoms with Gasteiger partial charge < -0.3 is 185 Å². The van der Waals surface area contributed by atoms with Gasteiger partial charge in [0.1, 0.15) is 171 Å². The Morgan fingerprint density at radius 1 is 0.342 bits per heavy atom. The van der Waals surface area contributed by atoms with E-state index in [4.69, 9.17) is 56.8 Å².